The zero-order chi connectivity index (χ0) is 24.9. The molecular formula is C31H31ClN2O3. The molecule has 1 aromatic heterocycles. The van der Waals surface area contributed by atoms with Crippen molar-refractivity contribution in [2.24, 2.45) is 5.92 Å². The summed E-state index contributed by atoms with van der Waals surface area (Å²) in [4.78, 5) is 7.85. The normalized spacial score (nSPS) is 30.9. The van der Waals surface area contributed by atoms with Crippen molar-refractivity contribution in [2.75, 3.05) is 27.3 Å². The second-order valence-corrected chi connectivity index (χ2v) is 12.0. The van der Waals surface area contributed by atoms with Crippen LogP contribution < -0.4 is 9.47 Å². The molecule has 6 heteroatoms. The summed E-state index contributed by atoms with van der Waals surface area (Å²) in [5, 5.41) is 0.739. The van der Waals surface area contributed by atoms with Crippen molar-refractivity contribution in [3.63, 3.8) is 0 Å². The monoisotopic (exact) mass is 514 g/mol. The molecule has 4 atom stereocenters. The molecule has 2 aromatic carbocycles. The number of piperidine rings is 1. The lowest BCUT2D eigenvalue weighted by Gasteiger charge is -2.64. The molecule has 0 radical (unpaired) electrons. The molecule has 2 bridgehead atoms. The topological polar surface area (TPSA) is 43.8 Å². The van der Waals surface area contributed by atoms with Gasteiger partial charge in [0.25, 0.3) is 0 Å². The molecule has 2 fully saturated rings. The molecule has 1 saturated heterocycles. The molecule has 1 saturated carbocycles. The van der Waals surface area contributed by atoms with Crippen molar-refractivity contribution in [1.82, 2.24) is 9.88 Å². The number of pyridine rings is 1. The average molecular weight is 515 g/mol. The highest BCUT2D eigenvalue weighted by molar-refractivity contribution is 6.30. The van der Waals surface area contributed by atoms with Gasteiger partial charge in [-0.2, -0.15) is 0 Å². The SMILES string of the molecule is COc1ccc2c3c1O[C@H]1c4ncc(-c5ccc(Cl)cc5)cc4C[C@@]4(OC)[C@@H](C2)N(CC2CC2)CC[C@]314. The van der Waals surface area contributed by atoms with Crippen LogP contribution in [0.5, 0.6) is 11.5 Å². The molecule has 0 unspecified atom stereocenters. The maximum atomic E-state index is 6.94. The van der Waals surface area contributed by atoms with Gasteiger partial charge in [-0.15, -0.1) is 0 Å². The standard InChI is InChI=1S/C31H31ClN2O3/c1-35-24-10-7-20-14-25-31(36-2)15-21-13-22(19-5-8-23(32)9-6-19)16-33-27(21)29-30(31,26(20)28(24)37-29)11-12-34(25)17-18-3-4-18/h5-10,13,16,18,25,29H,3-4,11-12,14-15,17H2,1-2H3/t25-,29+,30+,31-/m1/s1. The van der Waals surface area contributed by atoms with E-state index < -0.39 is 0 Å². The Morgan fingerprint density at radius 2 is 1.92 bits per heavy atom. The van der Waals surface area contributed by atoms with Crippen LogP contribution in [0.15, 0.2) is 48.7 Å². The third-order valence-corrected chi connectivity index (χ3v) is 10.2. The van der Waals surface area contributed by atoms with Gasteiger partial charge in [-0.05, 0) is 79.1 Å². The third-order valence-electron chi connectivity index (χ3n) is 9.93. The molecule has 37 heavy (non-hydrogen) atoms. The fourth-order valence-corrected chi connectivity index (χ4v) is 8.28. The maximum absolute atomic E-state index is 6.94. The summed E-state index contributed by atoms with van der Waals surface area (Å²) in [5.74, 6) is 2.54. The Kier molecular flexibility index (Phi) is 4.67. The number of methoxy groups -OCH3 is 2. The van der Waals surface area contributed by atoms with E-state index in [0.29, 0.717) is 6.04 Å². The molecular weight excluding hydrogens is 484 g/mol. The number of likely N-dealkylation sites (tertiary alicyclic amines) is 1. The fraction of sp³-hybridized carbons (Fsp3) is 0.452. The van der Waals surface area contributed by atoms with E-state index in [0.717, 1.165) is 65.1 Å². The number of hydrogen-bond acceptors (Lipinski definition) is 5. The Bertz CT molecular complexity index is 1420. The maximum Gasteiger partial charge on any atom is 0.166 e. The smallest absolute Gasteiger partial charge is 0.166 e. The summed E-state index contributed by atoms with van der Waals surface area (Å²) in [6.45, 7) is 2.24. The van der Waals surface area contributed by atoms with Gasteiger partial charge in [-0.1, -0.05) is 29.8 Å². The fourth-order valence-electron chi connectivity index (χ4n) is 8.15. The minimum atomic E-state index is -0.386. The van der Waals surface area contributed by atoms with E-state index in [1.54, 1.807) is 7.11 Å². The molecule has 5 nitrogen and oxygen atoms in total. The van der Waals surface area contributed by atoms with Gasteiger partial charge in [-0.3, -0.25) is 9.88 Å². The van der Waals surface area contributed by atoms with E-state index >= 15 is 0 Å². The number of fused-ring (bicyclic) bond motifs is 2. The van der Waals surface area contributed by atoms with Crippen molar-refractivity contribution < 1.29 is 14.2 Å². The van der Waals surface area contributed by atoms with Crippen molar-refractivity contribution in [2.45, 2.75) is 55.3 Å². The van der Waals surface area contributed by atoms with E-state index in [1.807, 2.05) is 25.4 Å². The number of aromatic nitrogens is 1. The van der Waals surface area contributed by atoms with Crippen molar-refractivity contribution in [3.05, 3.63) is 76.1 Å². The second kappa shape index (κ2) is 7.72. The number of benzene rings is 2. The highest BCUT2D eigenvalue weighted by atomic mass is 35.5. The average Bonchev–Trinajstić information content (AvgIpc) is 3.67. The van der Waals surface area contributed by atoms with Crippen LogP contribution in [0.2, 0.25) is 5.02 Å². The Balaban J connectivity index is 1.34. The summed E-state index contributed by atoms with van der Waals surface area (Å²) in [5.41, 5.74) is 6.53. The molecule has 2 aliphatic heterocycles. The molecule has 5 aliphatic rings. The molecule has 3 aromatic rings. The highest BCUT2D eigenvalue weighted by Crippen LogP contribution is 2.69. The van der Waals surface area contributed by atoms with Gasteiger partial charge in [0.1, 0.15) is 5.60 Å². The van der Waals surface area contributed by atoms with E-state index in [2.05, 4.69) is 35.2 Å². The van der Waals surface area contributed by atoms with Crippen LogP contribution in [0.3, 0.4) is 0 Å². The predicted molar refractivity (Wildman–Crippen MR) is 143 cm³/mol. The Hall–Kier alpha value is -2.60. The zero-order valence-electron chi connectivity index (χ0n) is 21.3. The summed E-state index contributed by atoms with van der Waals surface area (Å²) in [7, 11) is 3.66. The highest BCUT2D eigenvalue weighted by Gasteiger charge is 2.73. The predicted octanol–water partition coefficient (Wildman–Crippen LogP) is 5.76. The quantitative estimate of drug-likeness (QED) is 0.433. The molecule has 190 valence electrons. The van der Waals surface area contributed by atoms with Crippen LogP contribution in [0.4, 0.5) is 0 Å². The Morgan fingerprint density at radius 1 is 1.08 bits per heavy atom. The van der Waals surface area contributed by atoms with Gasteiger partial charge in [0.05, 0.1) is 18.2 Å². The van der Waals surface area contributed by atoms with Crippen LogP contribution in [0.25, 0.3) is 11.1 Å². The minimum Gasteiger partial charge on any atom is -0.493 e. The van der Waals surface area contributed by atoms with Crippen LogP contribution in [-0.2, 0) is 23.0 Å². The first-order chi connectivity index (χ1) is 18.1. The first-order valence-corrected chi connectivity index (χ1v) is 13.9. The number of hydrogen-bond donors (Lipinski definition) is 0. The Morgan fingerprint density at radius 3 is 2.68 bits per heavy atom. The van der Waals surface area contributed by atoms with E-state index in [-0.39, 0.29) is 17.1 Å². The molecule has 0 N–H and O–H groups in total. The van der Waals surface area contributed by atoms with Gasteiger partial charge in [-0.25, -0.2) is 0 Å². The molecule has 8 rings (SSSR count). The largest absolute Gasteiger partial charge is 0.493 e. The van der Waals surface area contributed by atoms with Gasteiger partial charge >= 0.3 is 0 Å². The van der Waals surface area contributed by atoms with Gasteiger partial charge in [0.15, 0.2) is 17.6 Å². The summed E-state index contributed by atoms with van der Waals surface area (Å²) < 4.78 is 19.6. The lowest BCUT2D eigenvalue weighted by Crippen LogP contribution is -2.75. The van der Waals surface area contributed by atoms with Crippen molar-refractivity contribution in [3.8, 4) is 22.6 Å². The number of ether oxygens (including phenoxy) is 3. The molecule has 0 amide bonds. The summed E-state index contributed by atoms with van der Waals surface area (Å²) in [6, 6.07) is 15.0. The van der Waals surface area contributed by atoms with Gasteiger partial charge in [0.2, 0.25) is 0 Å². The van der Waals surface area contributed by atoms with Crippen LogP contribution in [0.1, 0.15) is 47.8 Å². The first-order valence-electron chi connectivity index (χ1n) is 13.5. The summed E-state index contributed by atoms with van der Waals surface area (Å²) >= 11 is 6.17. The van der Waals surface area contributed by atoms with Crippen molar-refractivity contribution >= 4 is 11.6 Å². The number of nitrogens with zero attached hydrogens (tertiary/aromatic N) is 2. The molecule has 1 spiro atoms. The molecule has 3 aliphatic carbocycles. The van der Waals surface area contributed by atoms with Crippen LogP contribution in [0, 0.1) is 5.92 Å². The minimum absolute atomic E-state index is 0.189. The second-order valence-electron chi connectivity index (χ2n) is 11.6. The lowest BCUT2D eigenvalue weighted by molar-refractivity contribution is -0.191. The van der Waals surface area contributed by atoms with Gasteiger partial charge < -0.3 is 14.2 Å². The van der Waals surface area contributed by atoms with Crippen LogP contribution >= 0.6 is 11.6 Å². The lowest BCUT2D eigenvalue weighted by atomic mass is 9.48. The first kappa shape index (κ1) is 22.4. The van der Waals surface area contributed by atoms with Crippen LogP contribution in [-0.4, -0.2) is 48.8 Å². The van der Waals surface area contributed by atoms with Crippen molar-refractivity contribution in [1.29, 1.82) is 0 Å². The van der Waals surface area contributed by atoms with E-state index in [1.165, 1.54) is 36.1 Å². The number of rotatable bonds is 5. The van der Waals surface area contributed by atoms with E-state index in [9.17, 15) is 0 Å². The van der Waals surface area contributed by atoms with E-state index in [4.69, 9.17) is 30.8 Å². The number of halogens is 1. The third kappa shape index (κ3) is 2.85. The van der Waals surface area contributed by atoms with Gasteiger partial charge in [0, 0.05) is 48.5 Å². The zero-order valence-corrected chi connectivity index (χ0v) is 22.1. The Labute approximate surface area is 222 Å². The summed E-state index contributed by atoms with van der Waals surface area (Å²) in [6.07, 6.45) is 7.32. The molecule has 3 heterocycles.